The van der Waals surface area contributed by atoms with Crippen molar-refractivity contribution in [3.05, 3.63) is 65.2 Å². The minimum absolute atomic E-state index is 0.0791. The van der Waals surface area contributed by atoms with Crippen LogP contribution in [-0.2, 0) is 20.9 Å². The second-order valence-electron chi connectivity index (χ2n) is 10.1. The maximum atomic E-state index is 13.3. The van der Waals surface area contributed by atoms with Crippen molar-refractivity contribution in [3.63, 3.8) is 0 Å². The lowest BCUT2D eigenvalue weighted by molar-refractivity contribution is -0.126. The number of anilines is 1. The van der Waals surface area contributed by atoms with Gasteiger partial charge in [0.15, 0.2) is 12.1 Å². The van der Waals surface area contributed by atoms with Crippen LogP contribution in [0.4, 0.5) is 10.5 Å². The van der Waals surface area contributed by atoms with Gasteiger partial charge in [0.05, 0.1) is 6.54 Å². The normalized spacial score (nSPS) is 17.6. The number of amides is 3. The van der Waals surface area contributed by atoms with Crippen molar-refractivity contribution in [3.8, 4) is 0 Å². The smallest absolute Gasteiger partial charge is 0.411 e. The third kappa shape index (κ3) is 7.31. The van der Waals surface area contributed by atoms with Crippen LogP contribution in [0.5, 0.6) is 0 Å². The second-order valence-corrected chi connectivity index (χ2v) is 10.1. The number of nitrogens with zero attached hydrogens (tertiary/aromatic N) is 1. The molecule has 2 aromatic rings. The largest absolute Gasteiger partial charge is 0.438 e. The Kier molecular flexibility index (Phi) is 8.90. The number of ether oxygens (including phenoxy) is 1. The third-order valence-electron chi connectivity index (χ3n) is 5.94. The quantitative estimate of drug-likeness (QED) is 0.490. The monoisotopic (exact) mass is 479 g/mol. The van der Waals surface area contributed by atoms with Crippen LogP contribution in [0.3, 0.4) is 0 Å². The lowest BCUT2D eigenvalue weighted by Crippen LogP contribution is -2.46. The van der Waals surface area contributed by atoms with Gasteiger partial charge in [-0.1, -0.05) is 69.7 Å². The average Bonchev–Trinajstić information content (AvgIpc) is 3.10. The zero-order chi connectivity index (χ0) is 25.5. The van der Waals surface area contributed by atoms with E-state index < -0.39 is 18.2 Å². The van der Waals surface area contributed by atoms with Gasteiger partial charge in [0.2, 0.25) is 11.8 Å². The lowest BCUT2D eigenvalue weighted by Gasteiger charge is -2.24. The van der Waals surface area contributed by atoms with Gasteiger partial charge in [0, 0.05) is 18.7 Å². The summed E-state index contributed by atoms with van der Waals surface area (Å²) in [5, 5.41) is 5.89. The highest BCUT2D eigenvalue weighted by atomic mass is 16.6. The maximum Gasteiger partial charge on any atom is 0.411 e. The number of hydrogen-bond donors (Lipinski definition) is 2. The van der Waals surface area contributed by atoms with E-state index in [1.54, 1.807) is 18.2 Å². The number of cyclic esters (lactones) is 1. The molecule has 2 N–H and O–H groups in total. The summed E-state index contributed by atoms with van der Waals surface area (Å²) >= 11 is 0. The molecule has 1 aliphatic heterocycles. The highest BCUT2D eigenvalue weighted by Gasteiger charge is 2.47. The van der Waals surface area contributed by atoms with Crippen LogP contribution in [0, 0.1) is 18.8 Å². The Morgan fingerprint density at radius 2 is 1.74 bits per heavy atom. The molecule has 0 saturated carbocycles. The number of rotatable bonds is 10. The van der Waals surface area contributed by atoms with Crippen LogP contribution < -0.4 is 10.6 Å². The van der Waals surface area contributed by atoms with Crippen LogP contribution in [0.15, 0.2) is 48.5 Å². The third-order valence-corrected chi connectivity index (χ3v) is 5.94. The summed E-state index contributed by atoms with van der Waals surface area (Å²) in [6, 6.07) is 14.2. The van der Waals surface area contributed by atoms with Crippen molar-refractivity contribution < 1.29 is 19.1 Å². The Labute approximate surface area is 208 Å². The molecule has 3 amide bonds. The number of benzene rings is 2. The van der Waals surface area contributed by atoms with Gasteiger partial charge >= 0.3 is 6.09 Å². The van der Waals surface area contributed by atoms with Gasteiger partial charge in [0.25, 0.3) is 0 Å². The van der Waals surface area contributed by atoms with E-state index in [1.165, 1.54) is 4.90 Å². The SMILES string of the molecule is Cc1ccc(CN2C(=O)OC(c3cccc(NC(=O)CC(C)C)c3)C2C(=O)NCCC(C)C)cc1. The van der Waals surface area contributed by atoms with Gasteiger partial charge in [-0.3, -0.25) is 14.5 Å². The molecule has 35 heavy (non-hydrogen) atoms. The molecule has 1 heterocycles. The Morgan fingerprint density at radius 1 is 1.03 bits per heavy atom. The van der Waals surface area contributed by atoms with Crippen molar-refractivity contribution in [2.45, 2.75) is 66.2 Å². The Hall–Kier alpha value is -3.35. The molecule has 0 bridgehead atoms. The highest BCUT2D eigenvalue weighted by Crippen LogP contribution is 2.35. The molecule has 7 nitrogen and oxygen atoms in total. The van der Waals surface area contributed by atoms with Crippen LogP contribution >= 0.6 is 0 Å². The number of nitrogens with one attached hydrogen (secondary N) is 2. The number of hydrogen-bond acceptors (Lipinski definition) is 4. The van der Waals surface area contributed by atoms with E-state index in [9.17, 15) is 14.4 Å². The van der Waals surface area contributed by atoms with Gasteiger partial charge in [-0.25, -0.2) is 4.79 Å². The zero-order valence-electron chi connectivity index (χ0n) is 21.3. The molecule has 0 aromatic heterocycles. The Bertz CT molecular complexity index is 1030. The average molecular weight is 480 g/mol. The fraction of sp³-hybridized carbons (Fsp3) is 0.464. The molecule has 1 fully saturated rings. The summed E-state index contributed by atoms with van der Waals surface area (Å²) in [5.74, 6) is 0.359. The minimum atomic E-state index is -0.822. The second kappa shape index (κ2) is 11.9. The van der Waals surface area contributed by atoms with Gasteiger partial charge < -0.3 is 15.4 Å². The molecular formula is C28H37N3O4. The number of aryl methyl sites for hydroxylation is 1. The van der Waals surface area contributed by atoms with Crippen molar-refractivity contribution in [2.75, 3.05) is 11.9 Å². The fourth-order valence-corrected chi connectivity index (χ4v) is 4.07. The minimum Gasteiger partial charge on any atom is -0.438 e. The molecule has 0 aliphatic carbocycles. The summed E-state index contributed by atoms with van der Waals surface area (Å²) < 4.78 is 5.76. The van der Waals surface area contributed by atoms with E-state index in [0.717, 1.165) is 17.5 Å². The molecule has 0 radical (unpaired) electrons. The van der Waals surface area contributed by atoms with Crippen LogP contribution in [0.1, 0.15) is 63.3 Å². The van der Waals surface area contributed by atoms with Gasteiger partial charge in [0.1, 0.15) is 0 Å². The van der Waals surface area contributed by atoms with Crippen LogP contribution in [-0.4, -0.2) is 35.4 Å². The van der Waals surface area contributed by atoms with Crippen molar-refractivity contribution in [1.29, 1.82) is 0 Å². The van der Waals surface area contributed by atoms with Crippen molar-refractivity contribution in [1.82, 2.24) is 10.2 Å². The van der Waals surface area contributed by atoms with E-state index in [2.05, 4.69) is 24.5 Å². The predicted molar refractivity (Wildman–Crippen MR) is 137 cm³/mol. The molecule has 0 spiro atoms. The summed E-state index contributed by atoms with van der Waals surface area (Å²) in [6.45, 7) is 11.0. The topological polar surface area (TPSA) is 87.7 Å². The summed E-state index contributed by atoms with van der Waals surface area (Å²) in [7, 11) is 0. The van der Waals surface area contributed by atoms with Crippen molar-refractivity contribution in [2.24, 2.45) is 11.8 Å². The molecule has 2 unspecified atom stereocenters. The first-order valence-corrected chi connectivity index (χ1v) is 12.3. The van der Waals surface area contributed by atoms with E-state index in [0.29, 0.717) is 30.1 Å². The fourth-order valence-electron chi connectivity index (χ4n) is 4.07. The Morgan fingerprint density at radius 3 is 2.40 bits per heavy atom. The molecular weight excluding hydrogens is 442 g/mol. The molecule has 188 valence electrons. The molecule has 2 atom stereocenters. The summed E-state index contributed by atoms with van der Waals surface area (Å²) in [5.41, 5.74) is 3.31. The predicted octanol–water partition coefficient (Wildman–Crippen LogP) is 5.20. The standard InChI is InChI=1S/C28H37N3O4/c1-18(2)13-14-29-27(33)25-26(22-7-6-8-23(16-22)30-24(32)15-19(3)4)35-28(34)31(25)17-21-11-9-20(5)10-12-21/h6-12,16,18-19,25-26H,13-15,17H2,1-5H3,(H,29,33)(H,30,32). The number of carbonyl (C=O) groups is 3. The first kappa shape index (κ1) is 26.3. The van der Waals surface area contributed by atoms with Gasteiger partial charge in [-0.15, -0.1) is 0 Å². The van der Waals surface area contributed by atoms with Crippen LogP contribution in [0.2, 0.25) is 0 Å². The van der Waals surface area contributed by atoms with Crippen LogP contribution in [0.25, 0.3) is 0 Å². The summed E-state index contributed by atoms with van der Waals surface area (Å²) in [4.78, 5) is 40.1. The molecule has 7 heteroatoms. The molecule has 1 saturated heterocycles. The number of carbonyl (C=O) groups excluding carboxylic acids is 3. The summed E-state index contributed by atoms with van der Waals surface area (Å²) in [6.07, 6.45) is -0.0658. The first-order chi connectivity index (χ1) is 16.6. The van der Waals surface area contributed by atoms with Crippen molar-refractivity contribution >= 4 is 23.6 Å². The van der Waals surface area contributed by atoms with Gasteiger partial charge in [-0.2, -0.15) is 0 Å². The Balaban J connectivity index is 1.86. The molecule has 2 aromatic carbocycles. The lowest BCUT2D eigenvalue weighted by atomic mass is 9.99. The van der Waals surface area contributed by atoms with E-state index in [1.807, 2.05) is 51.1 Å². The zero-order valence-corrected chi connectivity index (χ0v) is 21.3. The van der Waals surface area contributed by atoms with Gasteiger partial charge in [-0.05, 0) is 48.4 Å². The first-order valence-electron chi connectivity index (χ1n) is 12.3. The van der Waals surface area contributed by atoms with E-state index in [-0.39, 0.29) is 24.3 Å². The maximum absolute atomic E-state index is 13.3. The van der Waals surface area contributed by atoms with E-state index >= 15 is 0 Å². The molecule has 3 rings (SSSR count). The van der Waals surface area contributed by atoms with E-state index in [4.69, 9.17) is 4.74 Å². The highest BCUT2D eigenvalue weighted by molar-refractivity contribution is 5.91. The molecule has 1 aliphatic rings.